The monoisotopic (exact) mass is 458 g/mol. The lowest BCUT2D eigenvalue weighted by Gasteiger charge is -2.09. The largest absolute Gasteiger partial charge is 0.454 e. The molecule has 174 valence electrons. The van der Waals surface area contributed by atoms with Gasteiger partial charge in [-0.3, -0.25) is 9.59 Å². The van der Waals surface area contributed by atoms with Crippen molar-refractivity contribution in [2.45, 2.75) is 40.4 Å². The van der Waals surface area contributed by atoms with Gasteiger partial charge in [0.1, 0.15) is 6.54 Å². The van der Waals surface area contributed by atoms with Crippen LogP contribution in [-0.2, 0) is 24.4 Å². The fraction of sp³-hybridized carbons (Fsp3) is 0.269. The smallest absolute Gasteiger partial charge is 0.276 e. The summed E-state index contributed by atoms with van der Waals surface area (Å²) < 4.78 is 14.0. The molecule has 0 aliphatic carbocycles. The minimum atomic E-state index is -0.292. The Balaban J connectivity index is 1.34. The van der Waals surface area contributed by atoms with Gasteiger partial charge in [0.25, 0.3) is 5.56 Å². The second-order valence-electron chi connectivity index (χ2n) is 8.60. The first-order valence-electron chi connectivity index (χ1n) is 11.2. The number of hydrogen-bond acceptors (Lipinski definition) is 5. The lowest BCUT2D eigenvalue weighted by molar-refractivity contribution is -0.122. The van der Waals surface area contributed by atoms with Crippen LogP contribution in [-0.4, -0.2) is 27.0 Å². The van der Waals surface area contributed by atoms with Gasteiger partial charge in [0.05, 0.1) is 11.6 Å². The SMILES string of the molecule is Cc1ccc(Cn2c(C)c3cnn(CC(=O)NCc4ccc5c(c4)OCO5)c(=O)c3c2C)cc1. The van der Waals surface area contributed by atoms with Crippen molar-refractivity contribution in [1.29, 1.82) is 0 Å². The van der Waals surface area contributed by atoms with Crippen LogP contribution >= 0.6 is 0 Å². The van der Waals surface area contributed by atoms with Gasteiger partial charge in [-0.1, -0.05) is 35.9 Å². The van der Waals surface area contributed by atoms with Crippen LogP contribution in [0, 0.1) is 20.8 Å². The molecule has 4 aromatic rings. The van der Waals surface area contributed by atoms with E-state index in [0.29, 0.717) is 30.0 Å². The molecular weight excluding hydrogens is 432 g/mol. The zero-order chi connectivity index (χ0) is 23.8. The predicted octanol–water partition coefficient (Wildman–Crippen LogP) is 3.22. The van der Waals surface area contributed by atoms with E-state index in [0.717, 1.165) is 27.9 Å². The van der Waals surface area contributed by atoms with Crippen LogP contribution in [0.1, 0.15) is 28.1 Å². The molecule has 2 aromatic carbocycles. The van der Waals surface area contributed by atoms with E-state index < -0.39 is 0 Å². The van der Waals surface area contributed by atoms with E-state index in [2.05, 4.69) is 46.2 Å². The van der Waals surface area contributed by atoms with Crippen molar-refractivity contribution in [3.05, 3.63) is 87.1 Å². The molecule has 1 N–H and O–H groups in total. The number of hydrogen-bond donors (Lipinski definition) is 1. The summed E-state index contributed by atoms with van der Waals surface area (Å²) in [5, 5.41) is 8.53. The molecule has 0 bridgehead atoms. The van der Waals surface area contributed by atoms with Gasteiger partial charge in [-0.25, -0.2) is 4.68 Å². The Labute approximate surface area is 196 Å². The number of nitrogens with one attached hydrogen (secondary N) is 1. The first kappa shape index (κ1) is 21.8. The van der Waals surface area contributed by atoms with Gasteiger partial charge in [-0.05, 0) is 44.0 Å². The van der Waals surface area contributed by atoms with E-state index in [1.165, 1.54) is 10.2 Å². The van der Waals surface area contributed by atoms with Crippen LogP contribution in [0.3, 0.4) is 0 Å². The van der Waals surface area contributed by atoms with Gasteiger partial charge in [0.2, 0.25) is 12.7 Å². The first-order valence-corrected chi connectivity index (χ1v) is 11.2. The van der Waals surface area contributed by atoms with E-state index in [4.69, 9.17) is 9.47 Å². The molecule has 0 radical (unpaired) electrons. The Kier molecular flexibility index (Phi) is 5.57. The molecule has 8 nitrogen and oxygen atoms in total. The average Bonchev–Trinajstić information content (AvgIpc) is 3.39. The van der Waals surface area contributed by atoms with Crippen LogP contribution in [0.4, 0.5) is 0 Å². The third-order valence-corrected chi connectivity index (χ3v) is 6.29. The van der Waals surface area contributed by atoms with Crippen LogP contribution in [0.5, 0.6) is 11.5 Å². The van der Waals surface area contributed by atoms with E-state index >= 15 is 0 Å². The lowest BCUT2D eigenvalue weighted by Crippen LogP contribution is -2.33. The molecule has 8 heteroatoms. The minimum Gasteiger partial charge on any atom is -0.454 e. The number of carbonyl (C=O) groups is 1. The fourth-order valence-corrected chi connectivity index (χ4v) is 4.31. The topological polar surface area (TPSA) is 87.4 Å². The fourth-order valence-electron chi connectivity index (χ4n) is 4.31. The number of ether oxygens (including phenoxy) is 2. The highest BCUT2D eigenvalue weighted by Crippen LogP contribution is 2.32. The second kappa shape index (κ2) is 8.70. The molecule has 1 aliphatic rings. The van der Waals surface area contributed by atoms with Gasteiger partial charge in [0, 0.05) is 29.9 Å². The first-order chi connectivity index (χ1) is 16.4. The van der Waals surface area contributed by atoms with Crippen molar-refractivity contribution >= 4 is 16.7 Å². The van der Waals surface area contributed by atoms with Crippen molar-refractivity contribution in [2.75, 3.05) is 6.79 Å². The average molecular weight is 459 g/mol. The highest BCUT2D eigenvalue weighted by atomic mass is 16.7. The predicted molar refractivity (Wildman–Crippen MR) is 128 cm³/mol. The van der Waals surface area contributed by atoms with E-state index in [9.17, 15) is 9.59 Å². The highest BCUT2D eigenvalue weighted by Gasteiger charge is 2.18. The molecule has 0 unspecified atom stereocenters. The Hall–Kier alpha value is -4.07. The van der Waals surface area contributed by atoms with Gasteiger partial charge in [-0.2, -0.15) is 5.10 Å². The Morgan fingerprint density at radius 1 is 1.00 bits per heavy atom. The van der Waals surface area contributed by atoms with Crippen molar-refractivity contribution < 1.29 is 14.3 Å². The molecular formula is C26H26N4O4. The zero-order valence-electron chi connectivity index (χ0n) is 19.4. The molecule has 0 spiro atoms. The van der Waals surface area contributed by atoms with E-state index in [-0.39, 0.29) is 24.8 Å². The molecule has 3 heterocycles. The number of aromatic nitrogens is 3. The van der Waals surface area contributed by atoms with Crippen molar-refractivity contribution in [1.82, 2.24) is 19.7 Å². The summed E-state index contributed by atoms with van der Waals surface area (Å²) in [5.74, 6) is 1.07. The summed E-state index contributed by atoms with van der Waals surface area (Å²) in [4.78, 5) is 25.8. The van der Waals surface area contributed by atoms with E-state index in [1.54, 1.807) is 6.20 Å². The van der Waals surface area contributed by atoms with E-state index in [1.807, 2.05) is 32.0 Å². The molecule has 1 aliphatic heterocycles. The molecule has 0 atom stereocenters. The number of amides is 1. The maximum Gasteiger partial charge on any atom is 0.276 e. The van der Waals surface area contributed by atoms with Crippen LogP contribution < -0.4 is 20.3 Å². The number of nitrogens with zero attached hydrogens (tertiary/aromatic N) is 3. The summed E-state index contributed by atoms with van der Waals surface area (Å²) in [6, 6.07) is 13.9. The summed E-state index contributed by atoms with van der Waals surface area (Å²) >= 11 is 0. The minimum absolute atomic E-state index is 0.152. The summed E-state index contributed by atoms with van der Waals surface area (Å²) in [5.41, 5.74) is 4.84. The molecule has 1 amide bonds. The lowest BCUT2D eigenvalue weighted by atomic mass is 10.1. The van der Waals surface area contributed by atoms with Crippen molar-refractivity contribution in [2.24, 2.45) is 0 Å². The van der Waals surface area contributed by atoms with Gasteiger partial charge in [-0.15, -0.1) is 0 Å². The normalized spacial score (nSPS) is 12.3. The van der Waals surface area contributed by atoms with Crippen molar-refractivity contribution in [3.63, 3.8) is 0 Å². The van der Waals surface area contributed by atoms with Crippen LogP contribution in [0.25, 0.3) is 10.8 Å². The van der Waals surface area contributed by atoms with Gasteiger partial charge >= 0.3 is 0 Å². The maximum atomic E-state index is 13.2. The summed E-state index contributed by atoms with van der Waals surface area (Å²) in [6.07, 6.45) is 1.68. The molecule has 0 saturated heterocycles. The molecule has 0 fully saturated rings. The summed E-state index contributed by atoms with van der Waals surface area (Å²) in [6.45, 7) is 7.03. The number of fused-ring (bicyclic) bond motifs is 2. The number of aryl methyl sites for hydroxylation is 3. The summed E-state index contributed by atoms with van der Waals surface area (Å²) in [7, 11) is 0. The second-order valence-corrected chi connectivity index (χ2v) is 8.60. The van der Waals surface area contributed by atoms with Crippen LogP contribution in [0.15, 0.2) is 53.5 Å². The Bertz CT molecular complexity index is 1450. The molecule has 2 aromatic heterocycles. The Morgan fingerprint density at radius 2 is 1.74 bits per heavy atom. The Morgan fingerprint density at radius 3 is 2.53 bits per heavy atom. The highest BCUT2D eigenvalue weighted by molar-refractivity contribution is 5.87. The van der Waals surface area contributed by atoms with Crippen LogP contribution in [0.2, 0.25) is 0 Å². The molecule has 0 saturated carbocycles. The standard InChI is InChI=1S/C26H26N4O4/c1-16-4-6-19(7-5-16)13-29-17(2)21-12-28-30(26(32)25(21)18(29)3)14-24(31)27-11-20-8-9-22-23(10-20)34-15-33-22/h4-10,12H,11,13-15H2,1-3H3,(H,27,31). The van der Waals surface area contributed by atoms with Crippen molar-refractivity contribution in [3.8, 4) is 11.5 Å². The van der Waals surface area contributed by atoms with Gasteiger partial charge < -0.3 is 19.4 Å². The zero-order valence-corrected chi connectivity index (χ0v) is 19.4. The number of rotatable bonds is 6. The number of benzene rings is 2. The third-order valence-electron chi connectivity index (χ3n) is 6.29. The quantitative estimate of drug-likeness (QED) is 0.479. The maximum absolute atomic E-state index is 13.2. The molecule has 34 heavy (non-hydrogen) atoms. The molecule has 5 rings (SSSR count). The van der Waals surface area contributed by atoms with Gasteiger partial charge in [0.15, 0.2) is 11.5 Å². The third kappa shape index (κ3) is 4.03. The number of carbonyl (C=O) groups excluding carboxylic acids is 1.